The first-order valence-electron chi connectivity index (χ1n) is 3.65. The first-order valence-corrected chi connectivity index (χ1v) is 3.65. The number of Topliss-reactive ketones (excluding diaryl/α,β-unsaturated/α-hetero) is 1. The smallest absolute Gasteiger partial charge is 0.133 e. The Morgan fingerprint density at radius 3 is 2.90 bits per heavy atom. The Labute approximate surface area is 60.8 Å². The molecule has 0 aromatic rings. The number of carbonyl (C=O) groups excluding carboxylic acids is 1. The molecule has 1 fully saturated rings. The number of rotatable bonds is 0. The molecule has 0 amide bonds. The van der Waals surface area contributed by atoms with E-state index in [0.29, 0.717) is 18.6 Å². The summed E-state index contributed by atoms with van der Waals surface area (Å²) in [5.41, 5.74) is 0. The lowest BCUT2D eigenvalue weighted by molar-refractivity contribution is -0.121. The highest BCUT2D eigenvalue weighted by Crippen LogP contribution is 2.26. The van der Waals surface area contributed by atoms with Gasteiger partial charge in [-0.05, 0) is 12.3 Å². The van der Waals surface area contributed by atoms with Crippen LogP contribution < -0.4 is 0 Å². The third-order valence-electron chi connectivity index (χ3n) is 2.14. The number of carbonyl (C=O) groups is 1. The van der Waals surface area contributed by atoms with Crippen molar-refractivity contribution < 1.29 is 4.79 Å². The predicted octanol–water partition coefficient (Wildman–Crippen LogP) is 1.52. The lowest BCUT2D eigenvalue weighted by Crippen LogP contribution is -2.21. The monoisotopic (exact) mass is 137 g/mol. The van der Waals surface area contributed by atoms with Gasteiger partial charge in [0.15, 0.2) is 0 Å². The van der Waals surface area contributed by atoms with Gasteiger partial charge in [-0.2, -0.15) is 5.26 Å². The minimum absolute atomic E-state index is 0.123. The van der Waals surface area contributed by atoms with Gasteiger partial charge in [-0.1, -0.05) is 6.92 Å². The largest absolute Gasteiger partial charge is 0.300 e. The van der Waals surface area contributed by atoms with E-state index in [-0.39, 0.29) is 11.8 Å². The van der Waals surface area contributed by atoms with Gasteiger partial charge in [0.1, 0.15) is 5.78 Å². The van der Waals surface area contributed by atoms with E-state index in [4.69, 9.17) is 5.26 Å². The summed E-state index contributed by atoms with van der Waals surface area (Å²) in [4.78, 5) is 10.8. The molecule has 2 nitrogen and oxygen atoms in total. The number of hydrogen-bond acceptors (Lipinski definition) is 2. The molecule has 1 aliphatic carbocycles. The molecule has 2 atom stereocenters. The summed E-state index contributed by atoms with van der Waals surface area (Å²) < 4.78 is 0. The Hall–Kier alpha value is -0.840. The highest BCUT2D eigenvalue weighted by atomic mass is 16.1. The molecule has 0 heterocycles. The molecule has 0 saturated heterocycles. The van der Waals surface area contributed by atoms with Gasteiger partial charge < -0.3 is 0 Å². The van der Waals surface area contributed by atoms with Crippen LogP contribution in [0.15, 0.2) is 0 Å². The van der Waals surface area contributed by atoms with E-state index in [1.54, 1.807) is 0 Å². The average Bonchev–Trinajstić information content (AvgIpc) is 1.88. The number of nitrogens with zero attached hydrogens (tertiary/aromatic N) is 1. The standard InChI is InChI=1S/C8H11NO/c1-6-4-8(10)3-2-7(6)5-9/h6-7H,2-4H2,1H3. The minimum Gasteiger partial charge on any atom is -0.300 e. The summed E-state index contributed by atoms with van der Waals surface area (Å²) >= 11 is 0. The summed E-state index contributed by atoms with van der Waals surface area (Å²) in [6.07, 6.45) is 2.00. The van der Waals surface area contributed by atoms with E-state index >= 15 is 0 Å². The van der Waals surface area contributed by atoms with Crippen LogP contribution in [-0.4, -0.2) is 5.78 Å². The molecule has 0 bridgehead atoms. The summed E-state index contributed by atoms with van der Waals surface area (Å²) in [7, 11) is 0. The van der Waals surface area contributed by atoms with Gasteiger partial charge in [0.25, 0.3) is 0 Å². The van der Waals surface area contributed by atoms with E-state index in [1.165, 1.54) is 0 Å². The van der Waals surface area contributed by atoms with Gasteiger partial charge in [-0.3, -0.25) is 4.79 Å². The second-order valence-electron chi connectivity index (χ2n) is 2.99. The fourth-order valence-electron chi connectivity index (χ4n) is 1.40. The molecule has 0 radical (unpaired) electrons. The van der Waals surface area contributed by atoms with Crippen LogP contribution in [0.25, 0.3) is 0 Å². The topological polar surface area (TPSA) is 40.9 Å². The average molecular weight is 137 g/mol. The molecule has 10 heavy (non-hydrogen) atoms. The van der Waals surface area contributed by atoms with Gasteiger partial charge in [0, 0.05) is 18.8 Å². The summed E-state index contributed by atoms with van der Waals surface area (Å²) in [6.45, 7) is 1.98. The molecule has 1 saturated carbocycles. The van der Waals surface area contributed by atoms with Crippen molar-refractivity contribution in [3.8, 4) is 6.07 Å². The van der Waals surface area contributed by atoms with E-state index in [0.717, 1.165) is 6.42 Å². The molecule has 0 spiro atoms. The van der Waals surface area contributed by atoms with Crippen LogP contribution in [0.5, 0.6) is 0 Å². The first-order chi connectivity index (χ1) is 4.74. The first kappa shape index (κ1) is 7.27. The number of ketones is 1. The fraction of sp³-hybridized carbons (Fsp3) is 0.750. The quantitative estimate of drug-likeness (QED) is 0.507. The summed E-state index contributed by atoms with van der Waals surface area (Å²) in [6, 6.07) is 2.22. The van der Waals surface area contributed by atoms with E-state index in [2.05, 4.69) is 6.07 Å². The predicted molar refractivity (Wildman–Crippen MR) is 37.1 cm³/mol. The van der Waals surface area contributed by atoms with Crippen molar-refractivity contribution in [1.29, 1.82) is 5.26 Å². The molecule has 0 N–H and O–H groups in total. The molecule has 54 valence electrons. The van der Waals surface area contributed by atoms with Crippen molar-refractivity contribution in [1.82, 2.24) is 0 Å². The maximum Gasteiger partial charge on any atom is 0.133 e. The van der Waals surface area contributed by atoms with Gasteiger partial charge in [0.05, 0.1) is 6.07 Å². The zero-order valence-electron chi connectivity index (χ0n) is 6.13. The Morgan fingerprint density at radius 2 is 2.40 bits per heavy atom. The normalized spacial score (nSPS) is 33.4. The van der Waals surface area contributed by atoms with Crippen molar-refractivity contribution in [2.45, 2.75) is 26.2 Å². The van der Waals surface area contributed by atoms with Crippen LogP contribution in [0, 0.1) is 23.2 Å². The van der Waals surface area contributed by atoms with Crippen molar-refractivity contribution in [2.75, 3.05) is 0 Å². The van der Waals surface area contributed by atoms with Crippen LogP contribution in [-0.2, 0) is 4.79 Å². The Morgan fingerprint density at radius 1 is 1.70 bits per heavy atom. The Balaban J connectivity index is 2.53. The Bertz CT molecular complexity index is 180. The van der Waals surface area contributed by atoms with Gasteiger partial charge in [-0.15, -0.1) is 0 Å². The zero-order chi connectivity index (χ0) is 7.56. The SMILES string of the molecule is CC1CC(=O)CCC1C#N. The lowest BCUT2D eigenvalue weighted by Gasteiger charge is -2.21. The third-order valence-corrected chi connectivity index (χ3v) is 2.14. The molecule has 1 rings (SSSR count). The van der Waals surface area contributed by atoms with Crippen molar-refractivity contribution in [3.63, 3.8) is 0 Å². The summed E-state index contributed by atoms with van der Waals surface area (Å²) in [5.74, 6) is 0.725. The molecular formula is C8H11NO. The highest BCUT2D eigenvalue weighted by molar-refractivity contribution is 5.79. The van der Waals surface area contributed by atoms with Crippen LogP contribution in [0.3, 0.4) is 0 Å². The van der Waals surface area contributed by atoms with Crippen molar-refractivity contribution in [3.05, 3.63) is 0 Å². The minimum atomic E-state index is 0.123. The van der Waals surface area contributed by atoms with Gasteiger partial charge in [0.2, 0.25) is 0 Å². The lowest BCUT2D eigenvalue weighted by atomic mass is 9.81. The second kappa shape index (κ2) is 2.83. The van der Waals surface area contributed by atoms with E-state index in [1.807, 2.05) is 6.92 Å². The molecule has 2 unspecified atom stereocenters. The maximum absolute atomic E-state index is 10.8. The molecule has 1 aliphatic rings. The Kier molecular flexibility index (Phi) is 2.06. The van der Waals surface area contributed by atoms with E-state index in [9.17, 15) is 4.79 Å². The van der Waals surface area contributed by atoms with Crippen LogP contribution in [0.4, 0.5) is 0 Å². The summed E-state index contributed by atoms with van der Waals surface area (Å²) in [5, 5.41) is 8.59. The second-order valence-corrected chi connectivity index (χ2v) is 2.99. The third kappa shape index (κ3) is 1.36. The van der Waals surface area contributed by atoms with Crippen LogP contribution in [0.2, 0.25) is 0 Å². The maximum atomic E-state index is 10.8. The molecule has 0 aliphatic heterocycles. The van der Waals surface area contributed by atoms with Gasteiger partial charge >= 0.3 is 0 Å². The fourth-order valence-corrected chi connectivity index (χ4v) is 1.40. The highest BCUT2D eigenvalue weighted by Gasteiger charge is 2.25. The van der Waals surface area contributed by atoms with Crippen LogP contribution >= 0.6 is 0 Å². The van der Waals surface area contributed by atoms with Crippen molar-refractivity contribution in [2.24, 2.45) is 11.8 Å². The number of nitriles is 1. The van der Waals surface area contributed by atoms with Gasteiger partial charge in [-0.25, -0.2) is 0 Å². The van der Waals surface area contributed by atoms with Crippen LogP contribution in [0.1, 0.15) is 26.2 Å². The molecular weight excluding hydrogens is 126 g/mol. The molecule has 0 aromatic carbocycles. The molecule has 0 aromatic heterocycles. The number of hydrogen-bond donors (Lipinski definition) is 0. The van der Waals surface area contributed by atoms with Crippen molar-refractivity contribution >= 4 is 5.78 Å². The van der Waals surface area contributed by atoms with E-state index < -0.39 is 0 Å². The zero-order valence-corrected chi connectivity index (χ0v) is 6.13. The molecule has 2 heteroatoms.